The molecule has 14 heteroatoms. The fourth-order valence-electron chi connectivity index (χ4n) is 8.37. The number of allylic oxidation sites excluding steroid dienone is 1. The third kappa shape index (κ3) is 8.14. The largest absolute Gasteiger partial charge is 0.479 e. The Morgan fingerprint density at radius 1 is 1.04 bits per heavy atom. The lowest BCUT2D eigenvalue weighted by atomic mass is 9.78. The smallest absolute Gasteiger partial charge is 0.408 e. The lowest BCUT2D eigenvalue weighted by molar-refractivity contribution is -0.145. The minimum Gasteiger partial charge on any atom is -0.479 e. The second-order valence-electron chi connectivity index (χ2n) is 15.7. The second kappa shape index (κ2) is 14.8. The van der Waals surface area contributed by atoms with Crippen LogP contribution in [0.1, 0.15) is 104 Å². The number of amides is 3. The number of aliphatic carboxylic acids is 1. The van der Waals surface area contributed by atoms with Crippen molar-refractivity contribution in [3.63, 3.8) is 0 Å². The zero-order chi connectivity index (χ0) is 34.1. The van der Waals surface area contributed by atoms with Gasteiger partial charge in [-0.25, -0.2) is 20.4 Å². The van der Waals surface area contributed by atoms with Gasteiger partial charge in [-0.3, -0.25) is 9.59 Å². The van der Waals surface area contributed by atoms with E-state index in [0.717, 1.165) is 36.9 Å². The predicted octanol–water partition coefficient (Wildman–Crippen LogP) is 3.19. The highest BCUT2D eigenvalue weighted by atomic mass is 32.2. The topological polar surface area (TPSA) is 164 Å². The molecule has 6 N–H and O–H groups in total. The number of ether oxygens (including phenoxy) is 1. The van der Waals surface area contributed by atoms with Crippen molar-refractivity contribution >= 4 is 35.6 Å². The molecule has 6 aliphatic rings. The van der Waals surface area contributed by atoms with Crippen molar-refractivity contribution in [2.24, 2.45) is 17.8 Å². The molecule has 2 aliphatic carbocycles. The number of carboxylic acids is 1. The number of carbonyl (C=O) groups excluding carboxylic acids is 3. The van der Waals surface area contributed by atoms with Crippen LogP contribution in [0.5, 0.6) is 0 Å². The summed E-state index contributed by atoms with van der Waals surface area (Å²) in [5.41, 5.74) is 8.21. The minimum atomic E-state index is -1.37. The average molecular weight is 690 g/mol. The van der Waals surface area contributed by atoms with Gasteiger partial charge in [-0.15, -0.1) is 0 Å². The van der Waals surface area contributed by atoms with Crippen molar-refractivity contribution in [1.82, 2.24) is 37.0 Å². The van der Waals surface area contributed by atoms with Crippen LogP contribution in [0.25, 0.3) is 0 Å². The summed E-state index contributed by atoms with van der Waals surface area (Å²) in [6.07, 6.45) is 14.9. The van der Waals surface area contributed by atoms with E-state index in [2.05, 4.69) is 38.8 Å². The molecule has 4 heterocycles. The van der Waals surface area contributed by atoms with Crippen LogP contribution in [-0.4, -0.2) is 92.0 Å². The molecule has 268 valence electrons. The molecule has 5 fully saturated rings. The van der Waals surface area contributed by atoms with E-state index in [9.17, 15) is 24.3 Å². The first-order valence-electron chi connectivity index (χ1n) is 18.1. The highest BCUT2D eigenvalue weighted by Crippen LogP contribution is 2.46. The Balaban J connectivity index is 1.19. The van der Waals surface area contributed by atoms with Gasteiger partial charge in [0, 0.05) is 17.7 Å². The SMILES string of the molecule is CC(C)(C)OC(=O)N[C@H]1CCCCC/C=C\[C@@H]2C[C@@]2(C(=O)O)NC(=O)[C@@H]2C[C@@H](N3NNC(C4CCCC(C5CCCS5)C4)N3)CN2C1=O. The number of carbonyl (C=O) groups is 4. The maximum atomic E-state index is 14.3. The predicted molar refractivity (Wildman–Crippen MR) is 182 cm³/mol. The summed E-state index contributed by atoms with van der Waals surface area (Å²) in [6, 6.07) is -2.06. The van der Waals surface area contributed by atoms with E-state index in [1.54, 1.807) is 20.8 Å². The first-order chi connectivity index (χ1) is 22.9. The van der Waals surface area contributed by atoms with Gasteiger partial charge >= 0.3 is 12.1 Å². The number of alkyl carbamates (subject to hydrolysis) is 1. The average Bonchev–Trinajstić information content (AvgIpc) is 3.53. The summed E-state index contributed by atoms with van der Waals surface area (Å²) in [5.74, 6) is 0.260. The minimum absolute atomic E-state index is 0.0256. The van der Waals surface area contributed by atoms with Crippen LogP contribution in [0.3, 0.4) is 0 Å². The van der Waals surface area contributed by atoms with E-state index in [1.807, 2.05) is 17.3 Å². The molecule has 13 nitrogen and oxygen atoms in total. The number of hydrazine groups is 3. The van der Waals surface area contributed by atoms with Gasteiger partial charge in [0.05, 0.1) is 12.2 Å². The number of hydrogen-bond donors (Lipinski definition) is 6. The number of fused-ring (bicyclic) bond motifs is 2. The zero-order valence-electron chi connectivity index (χ0n) is 28.7. The van der Waals surface area contributed by atoms with Gasteiger partial charge < -0.3 is 25.4 Å². The molecule has 0 aromatic heterocycles. The van der Waals surface area contributed by atoms with E-state index in [-0.39, 0.29) is 30.6 Å². The number of nitrogens with zero attached hydrogens (tertiary/aromatic N) is 2. The molecule has 9 atom stereocenters. The van der Waals surface area contributed by atoms with Gasteiger partial charge in [0.2, 0.25) is 11.8 Å². The molecule has 4 aliphatic heterocycles. The van der Waals surface area contributed by atoms with Crippen molar-refractivity contribution in [2.75, 3.05) is 12.3 Å². The third-order valence-corrected chi connectivity index (χ3v) is 12.6. The van der Waals surface area contributed by atoms with Gasteiger partial charge in [-0.2, -0.15) is 22.4 Å². The van der Waals surface area contributed by atoms with Gasteiger partial charge in [-0.05, 0) is 103 Å². The molecular formula is C34H55N7O6S. The normalized spacial score (nSPS) is 39.0. The quantitative estimate of drug-likeness (QED) is 0.235. The Kier molecular flexibility index (Phi) is 11.0. The van der Waals surface area contributed by atoms with Crippen LogP contribution in [0.15, 0.2) is 12.2 Å². The molecule has 0 spiro atoms. The lowest BCUT2D eigenvalue weighted by Crippen LogP contribution is -2.56. The summed E-state index contributed by atoms with van der Waals surface area (Å²) >= 11 is 2.13. The molecule has 6 rings (SSSR count). The fourth-order valence-corrected chi connectivity index (χ4v) is 9.86. The first-order valence-corrected chi connectivity index (χ1v) is 19.2. The summed E-state index contributed by atoms with van der Waals surface area (Å²) < 4.78 is 5.51. The number of nitrogens with one attached hydrogen (secondary N) is 5. The van der Waals surface area contributed by atoms with Crippen LogP contribution in [0, 0.1) is 17.8 Å². The molecule has 0 aromatic rings. The van der Waals surface area contributed by atoms with Crippen molar-refractivity contribution in [2.45, 2.75) is 145 Å². The lowest BCUT2D eigenvalue weighted by Gasteiger charge is -2.35. The maximum absolute atomic E-state index is 14.3. The molecule has 3 amide bonds. The number of carboxylic acid groups (broad SMARTS) is 1. The van der Waals surface area contributed by atoms with E-state index in [1.165, 1.54) is 42.8 Å². The van der Waals surface area contributed by atoms with Gasteiger partial charge in [0.1, 0.15) is 23.2 Å². The molecule has 0 bridgehead atoms. The van der Waals surface area contributed by atoms with Crippen LogP contribution < -0.4 is 27.0 Å². The Bertz CT molecular complexity index is 1240. The Morgan fingerprint density at radius 3 is 2.60 bits per heavy atom. The van der Waals surface area contributed by atoms with Crippen LogP contribution in [-0.2, 0) is 19.1 Å². The number of rotatable bonds is 5. The molecule has 4 unspecified atom stereocenters. The van der Waals surface area contributed by atoms with Crippen LogP contribution in [0.4, 0.5) is 4.79 Å². The summed E-state index contributed by atoms with van der Waals surface area (Å²) in [6.45, 7) is 5.54. The van der Waals surface area contributed by atoms with Crippen molar-refractivity contribution < 1.29 is 29.0 Å². The first kappa shape index (κ1) is 35.4. The van der Waals surface area contributed by atoms with E-state index in [4.69, 9.17) is 4.74 Å². The summed E-state index contributed by atoms with van der Waals surface area (Å²) in [7, 11) is 0. The molecular weight excluding hydrogens is 634 g/mol. The third-order valence-electron chi connectivity index (χ3n) is 11.0. The Labute approximate surface area is 288 Å². The van der Waals surface area contributed by atoms with Crippen molar-refractivity contribution in [3.8, 4) is 0 Å². The van der Waals surface area contributed by atoms with Gasteiger partial charge in [0.15, 0.2) is 0 Å². The van der Waals surface area contributed by atoms with Gasteiger partial charge in [-0.1, -0.05) is 31.4 Å². The summed E-state index contributed by atoms with van der Waals surface area (Å²) in [4.78, 5) is 55.2. The standard InChI is InChI=1S/C34H55N7O6S/c1-33(2,3)47-32(46)35-25-14-8-6-4-5-7-13-23-19-34(23,31(44)45)36-29(42)26-18-24(20-40(26)30(25)43)41-38-28(37-39-41)22-12-9-11-21(17-22)27-15-10-16-48-27/h7,13,21-28,37-39H,4-6,8-12,14-20H2,1-3H3,(H,35,46)(H,36,42)(H,44,45)/b13-7-/t21?,22?,23-,24-,25+,26+,27?,28?,34-/m1/s1. The monoisotopic (exact) mass is 689 g/mol. The Morgan fingerprint density at radius 2 is 1.85 bits per heavy atom. The number of thioether (sulfide) groups is 1. The number of hydrogen-bond acceptors (Lipinski definition) is 10. The molecule has 0 aromatic carbocycles. The van der Waals surface area contributed by atoms with Gasteiger partial charge in [0.25, 0.3) is 0 Å². The molecule has 0 radical (unpaired) electrons. The van der Waals surface area contributed by atoms with Crippen molar-refractivity contribution in [3.05, 3.63) is 12.2 Å². The maximum Gasteiger partial charge on any atom is 0.408 e. The Hall–Kier alpha value is -2.39. The highest BCUT2D eigenvalue weighted by molar-refractivity contribution is 8.00. The van der Waals surface area contributed by atoms with E-state index in [0.29, 0.717) is 31.6 Å². The zero-order valence-corrected chi connectivity index (χ0v) is 29.5. The second-order valence-corrected chi connectivity index (χ2v) is 17.1. The van der Waals surface area contributed by atoms with E-state index < -0.39 is 41.2 Å². The van der Waals surface area contributed by atoms with Crippen molar-refractivity contribution in [1.29, 1.82) is 0 Å². The van der Waals surface area contributed by atoms with Crippen LogP contribution in [0.2, 0.25) is 0 Å². The fraction of sp³-hybridized carbons (Fsp3) is 0.824. The highest BCUT2D eigenvalue weighted by Gasteiger charge is 2.61. The molecule has 3 saturated heterocycles. The summed E-state index contributed by atoms with van der Waals surface area (Å²) in [5, 5.41) is 18.5. The molecule has 2 saturated carbocycles. The molecule has 48 heavy (non-hydrogen) atoms. The van der Waals surface area contributed by atoms with Crippen LogP contribution >= 0.6 is 11.8 Å². The van der Waals surface area contributed by atoms with E-state index >= 15 is 0 Å².